The first-order valence-corrected chi connectivity index (χ1v) is 7.82. The molecule has 0 aliphatic rings. The predicted octanol–water partition coefficient (Wildman–Crippen LogP) is 5.37. The molecular formula is C18H22ClNO. The third kappa shape index (κ3) is 4.68. The van der Waals surface area contributed by atoms with E-state index in [0.717, 1.165) is 35.8 Å². The van der Waals surface area contributed by atoms with Gasteiger partial charge in [0.25, 0.3) is 0 Å². The fourth-order valence-electron chi connectivity index (χ4n) is 2.26. The third-order valence-electron chi connectivity index (χ3n) is 3.38. The van der Waals surface area contributed by atoms with E-state index in [9.17, 15) is 0 Å². The SMILES string of the molecule is CCCCN(c1cccc(Cl)c1)C(C)Oc1ccccc1. The minimum absolute atomic E-state index is 0.0441. The summed E-state index contributed by atoms with van der Waals surface area (Å²) in [6.45, 7) is 5.22. The van der Waals surface area contributed by atoms with Gasteiger partial charge in [-0.25, -0.2) is 0 Å². The molecule has 0 aliphatic heterocycles. The van der Waals surface area contributed by atoms with Crippen LogP contribution in [0.25, 0.3) is 0 Å². The normalized spacial score (nSPS) is 12.0. The Morgan fingerprint density at radius 2 is 1.86 bits per heavy atom. The van der Waals surface area contributed by atoms with Gasteiger partial charge in [-0.2, -0.15) is 0 Å². The van der Waals surface area contributed by atoms with Crippen molar-refractivity contribution >= 4 is 17.3 Å². The maximum Gasteiger partial charge on any atom is 0.169 e. The van der Waals surface area contributed by atoms with Crippen LogP contribution in [0.1, 0.15) is 26.7 Å². The van der Waals surface area contributed by atoms with Gasteiger partial charge >= 0.3 is 0 Å². The lowest BCUT2D eigenvalue weighted by atomic mass is 10.2. The molecule has 1 atom stereocenters. The fraction of sp³-hybridized carbons (Fsp3) is 0.333. The molecule has 0 bridgehead atoms. The number of unbranched alkanes of at least 4 members (excludes halogenated alkanes) is 1. The Bertz CT molecular complexity index is 544. The standard InChI is InChI=1S/C18H22ClNO/c1-3-4-13-20(17-10-8-9-16(19)14-17)15(2)21-18-11-6-5-7-12-18/h5-12,14-15H,3-4,13H2,1-2H3. The van der Waals surface area contributed by atoms with Crippen LogP contribution in [0.15, 0.2) is 54.6 Å². The maximum absolute atomic E-state index is 6.12. The molecule has 2 aromatic carbocycles. The number of halogens is 1. The molecule has 0 aromatic heterocycles. The van der Waals surface area contributed by atoms with Crippen molar-refractivity contribution in [1.82, 2.24) is 0 Å². The van der Waals surface area contributed by atoms with Gasteiger partial charge in [-0.3, -0.25) is 0 Å². The molecule has 3 heteroatoms. The Morgan fingerprint density at radius 1 is 1.10 bits per heavy atom. The van der Waals surface area contributed by atoms with Crippen molar-refractivity contribution in [1.29, 1.82) is 0 Å². The zero-order valence-corrected chi connectivity index (χ0v) is 13.4. The molecule has 0 fully saturated rings. The summed E-state index contributed by atoms with van der Waals surface area (Å²) in [4.78, 5) is 2.25. The van der Waals surface area contributed by atoms with Gasteiger partial charge in [0.2, 0.25) is 0 Å². The summed E-state index contributed by atoms with van der Waals surface area (Å²) >= 11 is 6.12. The summed E-state index contributed by atoms with van der Waals surface area (Å²) in [6, 6.07) is 17.9. The first-order valence-electron chi connectivity index (χ1n) is 7.44. The van der Waals surface area contributed by atoms with E-state index in [-0.39, 0.29) is 6.23 Å². The Morgan fingerprint density at radius 3 is 2.52 bits per heavy atom. The van der Waals surface area contributed by atoms with Gasteiger partial charge in [0.15, 0.2) is 6.23 Å². The number of hydrogen-bond acceptors (Lipinski definition) is 2. The molecule has 0 N–H and O–H groups in total. The van der Waals surface area contributed by atoms with E-state index in [0.29, 0.717) is 0 Å². The third-order valence-corrected chi connectivity index (χ3v) is 3.62. The number of anilines is 1. The van der Waals surface area contributed by atoms with Gasteiger partial charge in [0.1, 0.15) is 5.75 Å². The van der Waals surface area contributed by atoms with Crippen LogP contribution >= 0.6 is 11.6 Å². The molecule has 0 saturated heterocycles. The maximum atomic E-state index is 6.12. The molecule has 2 rings (SSSR count). The van der Waals surface area contributed by atoms with Gasteiger partial charge < -0.3 is 9.64 Å². The second-order valence-electron chi connectivity index (χ2n) is 5.06. The number of benzene rings is 2. The lowest BCUT2D eigenvalue weighted by molar-refractivity contribution is 0.214. The quantitative estimate of drug-likeness (QED) is 0.637. The van der Waals surface area contributed by atoms with E-state index >= 15 is 0 Å². The Kier molecular flexibility index (Phi) is 5.94. The lowest BCUT2D eigenvalue weighted by Crippen LogP contribution is -2.38. The van der Waals surface area contributed by atoms with E-state index in [4.69, 9.17) is 16.3 Å². The van der Waals surface area contributed by atoms with Crippen molar-refractivity contribution in [2.45, 2.75) is 32.9 Å². The van der Waals surface area contributed by atoms with Crippen LogP contribution in [0.2, 0.25) is 5.02 Å². The molecule has 0 amide bonds. The minimum atomic E-state index is -0.0441. The first-order chi connectivity index (χ1) is 10.2. The summed E-state index contributed by atoms with van der Waals surface area (Å²) in [6.07, 6.45) is 2.22. The highest BCUT2D eigenvalue weighted by molar-refractivity contribution is 6.30. The predicted molar refractivity (Wildman–Crippen MR) is 90.2 cm³/mol. The van der Waals surface area contributed by atoms with Crippen LogP contribution in [-0.4, -0.2) is 12.8 Å². The van der Waals surface area contributed by atoms with Crippen molar-refractivity contribution in [3.63, 3.8) is 0 Å². The van der Waals surface area contributed by atoms with Crippen LogP contribution in [0, 0.1) is 0 Å². The topological polar surface area (TPSA) is 12.5 Å². The van der Waals surface area contributed by atoms with Crippen LogP contribution in [0.3, 0.4) is 0 Å². The highest BCUT2D eigenvalue weighted by atomic mass is 35.5. The van der Waals surface area contributed by atoms with Gasteiger partial charge in [-0.05, 0) is 43.7 Å². The molecule has 0 heterocycles. The Labute approximate surface area is 132 Å². The summed E-state index contributed by atoms with van der Waals surface area (Å²) < 4.78 is 6.05. The zero-order chi connectivity index (χ0) is 15.1. The number of hydrogen-bond donors (Lipinski definition) is 0. The summed E-state index contributed by atoms with van der Waals surface area (Å²) in [7, 11) is 0. The molecule has 21 heavy (non-hydrogen) atoms. The molecule has 1 unspecified atom stereocenters. The van der Waals surface area contributed by atoms with Gasteiger partial charge in [0, 0.05) is 17.3 Å². The van der Waals surface area contributed by atoms with E-state index in [1.807, 2.05) is 48.5 Å². The van der Waals surface area contributed by atoms with Crippen molar-refractivity contribution in [2.24, 2.45) is 0 Å². The molecule has 0 saturated carbocycles. The molecule has 2 nitrogen and oxygen atoms in total. The van der Waals surface area contributed by atoms with Crippen molar-refractivity contribution in [3.05, 3.63) is 59.6 Å². The van der Waals surface area contributed by atoms with Crippen molar-refractivity contribution < 1.29 is 4.74 Å². The summed E-state index contributed by atoms with van der Waals surface area (Å²) in [5, 5.41) is 0.751. The van der Waals surface area contributed by atoms with Crippen LogP contribution in [0.4, 0.5) is 5.69 Å². The minimum Gasteiger partial charge on any atom is -0.471 e. The fourth-order valence-corrected chi connectivity index (χ4v) is 2.45. The molecular weight excluding hydrogens is 282 g/mol. The van der Waals surface area contributed by atoms with Crippen LogP contribution in [0.5, 0.6) is 5.75 Å². The second-order valence-corrected chi connectivity index (χ2v) is 5.49. The van der Waals surface area contributed by atoms with Gasteiger partial charge in [0.05, 0.1) is 0 Å². The average Bonchev–Trinajstić information content (AvgIpc) is 2.49. The Balaban J connectivity index is 2.15. The lowest BCUT2D eigenvalue weighted by Gasteiger charge is -2.31. The zero-order valence-electron chi connectivity index (χ0n) is 12.6. The first kappa shape index (κ1) is 15.7. The summed E-state index contributed by atoms with van der Waals surface area (Å²) in [5.74, 6) is 0.883. The van der Waals surface area contributed by atoms with Crippen molar-refractivity contribution in [3.8, 4) is 5.75 Å². The van der Waals surface area contributed by atoms with Crippen LogP contribution in [-0.2, 0) is 0 Å². The number of ether oxygens (including phenoxy) is 1. The van der Waals surface area contributed by atoms with E-state index < -0.39 is 0 Å². The van der Waals surface area contributed by atoms with Crippen LogP contribution < -0.4 is 9.64 Å². The van der Waals surface area contributed by atoms with Gasteiger partial charge in [-0.15, -0.1) is 0 Å². The van der Waals surface area contributed by atoms with E-state index in [1.165, 1.54) is 0 Å². The summed E-state index contributed by atoms with van der Waals surface area (Å²) in [5.41, 5.74) is 1.10. The van der Waals surface area contributed by atoms with Crippen molar-refractivity contribution in [2.75, 3.05) is 11.4 Å². The van der Waals surface area contributed by atoms with E-state index in [1.54, 1.807) is 0 Å². The molecule has 2 aromatic rings. The Hall–Kier alpha value is -1.67. The second kappa shape index (κ2) is 7.94. The molecule has 112 valence electrons. The largest absolute Gasteiger partial charge is 0.471 e. The average molecular weight is 304 g/mol. The number of rotatable bonds is 7. The highest BCUT2D eigenvalue weighted by Gasteiger charge is 2.15. The molecule has 0 radical (unpaired) electrons. The number of para-hydroxylation sites is 1. The monoisotopic (exact) mass is 303 g/mol. The number of nitrogens with zero attached hydrogens (tertiary/aromatic N) is 1. The molecule has 0 spiro atoms. The van der Waals surface area contributed by atoms with E-state index in [2.05, 4.69) is 24.8 Å². The van der Waals surface area contributed by atoms with Gasteiger partial charge in [-0.1, -0.05) is 49.2 Å². The highest BCUT2D eigenvalue weighted by Crippen LogP contribution is 2.23. The smallest absolute Gasteiger partial charge is 0.169 e. The molecule has 0 aliphatic carbocycles.